The van der Waals surface area contributed by atoms with Crippen LogP contribution >= 0.6 is 0 Å². The number of rotatable bonds is 12. The van der Waals surface area contributed by atoms with E-state index in [0.717, 1.165) is 88.1 Å². The number of para-hydroxylation sites is 3. The van der Waals surface area contributed by atoms with Gasteiger partial charge in [-0.15, -0.1) is 0 Å². The third-order valence-corrected chi connectivity index (χ3v) is 28.2. The SMILES string of the molecule is c1ccc(-c2cc(-c3c4ccccc4c(-c4ccccc4-c4ccccc4)c4ccccc34)c3c(c2)oc2ccccc23)cc1.c1ccc(-c2ccccc2-c2c3ccccc3c(-c3ccc(-c4ccccc4)c4oc5ccccc5c34)c3ccccc23)cc1.c1ccc(-c2ccccc2-c2c3ccccc3c(-c3cccc4oc5c(-c6cccc7ccccc67)cccc5c34)c3ccccc23)cc1. The molecule has 0 unspecified atom stereocenters. The molecule has 0 N–H and O–H groups in total. The van der Waals surface area contributed by atoms with E-state index in [9.17, 15) is 0 Å². The first-order valence-corrected chi connectivity index (χ1v) is 47.8. The lowest BCUT2D eigenvalue weighted by Gasteiger charge is -2.20. The highest BCUT2D eigenvalue weighted by Gasteiger charge is 2.29. The molecule has 25 aromatic carbocycles. The number of fused-ring (bicyclic) bond motifs is 16. The summed E-state index contributed by atoms with van der Waals surface area (Å²) in [6.07, 6.45) is 0. The summed E-state index contributed by atoms with van der Waals surface area (Å²) >= 11 is 0. The van der Waals surface area contributed by atoms with Crippen molar-refractivity contribution < 1.29 is 13.3 Å². The van der Waals surface area contributed by atoms with Crippen molar-refractivity contribution in [1.29, 1.82) is 0 Å². The van der Waals surface area contributed by atoms with Gasteiger partial charge in [-0.1, -0.05) is 485 Å². The molecule has 0 aliphatic rings. The molecular weight excluding hydrogens is 1680 g/mol. The van der Waals surface area contributed by atoms with Crippen LogP contribution in [0.3, 0.4) is 0 Å². The highest BCUT2D eigenvalue weighted by molar-refractivity contribution is 6.31. The quantitative estimate of drug-likeness (QED) is 0.114. The van der Waals surface area contributed by atoms with Gasteiger partial charge in [0.05, 0.1) is 0 Å². The van der Waals surface area contributed by atoms with Crippen molar-refractivity contribution in [3.63, 3.8) is 0 Å². The molecule has 0 amide bonds. The minimum absolute atomic E-state index is 0.895. The Hall–Kier alpha value is -18.3. The van der Waals surface area contributed by atoms with E-state index in [2.05, 4.69) is 516 Å². The fraction of sp³-hybridized carbons (Fsp3) is 0. The Balaban J connectivity index is 0.000000108. The Labute approximate surface area is 803 Å². The fourth-order valence-electron chi connectivity index (χ4n) is 22.3. The van der Waals surface area contributed by atoms with Gasteiger partial charge in [-0.05, 0) is 234 Å². The van der Waals surface area contributed by atoms with E-state index < -0.39 is 0 Å². The van der Waals surface area contributed by atoms with Crippen molar-refractivity contribution in [3.05, 3.63) is 522 Å². The maximum atomic E-state index is 6.83. The third-order valence-electron chi connectivity index (χ3n) is 28.2. The van der Waals surface area contributed by atoms with E-state index in [1.54, 1.807) is 0 Å². The minimum atomic E-state index is 0.895. The third kappa shape index (κ3) is 14.0. The highest BCUT2D eigenvalue weighted by atomic mass is 16.3. The molecule has 28 aromatic rings. The van der Waals surface area contributed by atoms with Crippen molar-refractivity contribution in [1.82, 2.24) is 0 Å². The largest absolute Gasteiger partial charge is 0.456 e. The normalized spacial score (nSPS) is 11.6. The van der Waals surface area contributed by atoms with Crippen LogP contribution < -0.4 is 0 Å². The molecule has 0 atom stereocenters. The van der Waals surface area contributed by atoms with Crippen molar-refractivity contribution in [2.45, 2.75) is 0 Å². The molecule has 3 aromatic heterocycles. The molecule has 0 saturated heterocycles. The fourth-order valence-corrected chi connectivity index (χ4v) is 22.3. The maximum absolute atomic E-state index is 6.83. The number of furan rings is 3. The molecular formula is C136H86O3. The van der Waals surface area contributed by atoms with Gasteiger partial charge in [0.25, 0.3) is 0 Å². The topological polar surface area (TPSA) is 39.4 Å². The number of hydrogen-bond acceptors (Lipinski definition) is 3. The Morgan fingerprint density at radius 2 is 0.367 bits per heavy atom. The smallest absolute Gasteiger partial charge is 0.143 e. The van der Waals surface area contributed by atoms with Gasteiger partial charge in [0.1, 0.15) is 33.5 Å². The van der Waals surface area contributed by atoms with E-state index in [-0.39, 0.29) is 0 Å². The molecule has 3 heteroatoms. The first-order valence-electron chi connectivity index (χ1n) is 47.8. The van der Waals surface area contributed by atoms with Crippen LogP contribution in [-0.4, -0.2) is 0 Å². The Bertz CT molecular complexity index is 9510. The van der Waals surface area contributed by atoms with Crippen LogP contribution in [0, 0.1) is 0 Å². The van der Waals surface area contributed by atoms with Crippen LogP contribution in [-0.2, 0) is 0 Å². The van der Waals surface area contributed by atoms with Gasteiger partial charge in [-0.2, -0.15) is 0 Å². The van der Waals surface area contributed by atoms with E-state index in [4.69, 9.17) is 13.3 Å². The van der Waals surface area contributed by atoms with Gasteiger partial charge >= 0.3 is 0 Å². The molecule has 0 saturated carbocycles. The molecule has 0 bridgehead atoms. The molecule has 139 heavy (non-hydrogen) atoms. The maximum Gasteiger partial charge on any atom is 0.143 e. The van der Waals surface area contributed by atoms with Crippen LogP contribution in [0.4, 0.5) is 0 Å². The van der Waals surface area contributed by atoms with Gasteiger partial charge in [-0.3, -0.25) is 0 Å². The summed E-state index contributed by atoms with van der Waals surface area (Å²) in [6, 6.07) is 187. The predicted molar refractivity (Wildman–Crippen MR) is 589 cm³/mol. The summed E-state index contributed by atoms with van der Waals surface area (Å²) in [4.78, 5) is 0. The van der Waals surface area contributed by atoms with Crippen LogP contribution in [0.15, 0.2) is 535 Å². The summed E-state index contributed by atoms with van der Waals surface area (Å²) < 4.78 is 20.1. The van der Waals surface area contributed by atoms with Gasteiger partial charge in [0.2, 0.25) is 0 Å². The predicted octanol–water partition coefficient (Wildman–Crippen LogP) is 38.8. The average Bonchev–Trinajstić information content (AvgIpc) is 1.71. The van der Waals surface area contributed by atoms with Gasteiger partial charge < -0.3 is 13.3 Å². The van der Waals surface area contributed by atoms with Crippen LogP contribution in [0.25, 0.3) is 275 Å². The van der Waals surface area contributed by atoms with Crippen molar-refractivity contribution in [3.8, 4) is 134 Å². The molecule has 0 fully saturated rings. The lowest BCUT2D eigenvalue weighted by Crippen LogP contribution is -1.93. The first-order chi connectivity index (χ1) is 69.1. The average molecular weight is 1770 g/mol. The first kappa shape index (κ1) is 81.5. The lowest BCUT2D eigenvalue weighted by molar-refractivity contribution is 0.669. The molecule has 0 aliphatic heterocycles. The van der Waals surface area contributed by atoms with Gasteiger partial charge in [0.15, 0.2) is 0 Å². The van der Waals surface area contributed by atoms with E-state index >= 15 is 0 Å². The van der Waals surface area contributed by atoms with E-state index in [1.807, 2.05) is 6.07 Å². The summed E-state index contributed by atoms with van der Waals surface area (Å²) in [5.74, 6) is 0. The molecule has 0 spiro atoms. The second-order valence-electron chi connectivity index (χ2n) is 35.9. The van der Waals surface area contributed by atoms with Crippen LogP contribution in [0.1, 0.15) is 0 Å². The monoisotopic (exact) mass is 1770 g/mol. The van der Waals surface area contributed by atoms with E-state index in [0.29, 0.717) is 0 Å². The molecule has 28 rings (SSSR count). The summed E-state index contributed by atoms with van der Waals surface area (Å²) in [5, 5.41) is 24.1. The van der Waals surface area contributed by atoms with Gasteiger partial charge in [0, 0.05) is 43.4 Å². The summed E-state index contributed by atoms with van der Waals surface area (Å²) in [7, 11) is 0. The zero-order valence-corrected chi connectivity index (χ0v) is 75.9. The Morgan fingerprint density at radius 3 is 0.806 bits per heavy atom. The number of benzene rings is 25. The number of hydrogen-bond donors (Lipinski definition) is 0. The molecule has 648 valence electrons. The summed E-state index contributed by atoms with van der Waals surface area (Å²) in [5.41, 5.74) is 34.4. The van der Waals surface area contributed by atoms with Crippen LogP contribution in [0.5, 0.6) is 0 Å². The summed E-state index contributed by atoms with van der Waals surface area (Å²) in [6.45, 7) is 0. The van der Waals surface area contributed by atoms with E-state index in [1.165, 1.54) is 187 Å². The second-order valence-corrected chi connectivity index (χ2v) is 35.9. The zero-order chi connectivity index (χ0) is 91.8. The highest BCUT2D eigenvalue weighted by Crippen LogP contribution is 2.55. The Kier molecular flexibility index (Phi) is 20.3. The lowest BCUT2D eigenvalue weighted by atomic mass is 9.82. The molecule has 3 nitrogen and oxygen atoms in total. The molecule has 0 radical (unpaired) electrons. The van der Waals surface area contributed by atoms with Gasteiger partial charge in [-0.25, -0.2) is 0 Å². The van der Waals surface area contributed by atoms with Crippen molar-refractivity contribution in [2.75, 3.05) is 0 Å². The van der Waals surface area contributed by atoms with Crippen molar-refractivity contribution in [2.24, 2.45) is 0 Å². The zero-order valence-electron chi connectivity index (χ0n) is 75.9. The van der Waals surface area contributed by atoms with Crippen LogP contribution in [0.2, 0.25) is 0 Å². The molecule has 3 heterocycles. The van der Waals surface area contributed by atoms with Crippen molar-refractivity contribution >= 4 is 141 Å². The minimum Gasteiger partial charge on any atom is -0.456 e. The Morgan fingerprint density at radius 1 is 0.108 bits per heavy atom. The second kappa shape index (κ2) is 34.6. The standard InChI is InChI=1S/C48H30O.2C44H28O/c1-2-15-31(16-3-1)34-20-6-7-21-36(34)45-37-22-8-10-24-39(37)46(40-25-11-9-23-38(40)45)42-28-14-30-44-47(42)43-29-13-27-41(48(43)49-44)35-26-12-18-32-17-4-5-19-33(32)35;1-3-15-29(16-4-1)31-27-39(44-38-25-13-14-26-40(38)45-41(44)28-31)43-36-23-11-9-21-34(36)42(35-22-10-12-24-37(35)43)33-20-8-7-19-32(33)30-17-5-2-6-18-30;1-3-15-29(16-4-1)31-19-7-8-20-33(31)41-34-21-9-11-23-36(34)42(37-24-12-10-22-35(37)41)39-28-27-32(30-17-5-2-6-18-30)44-43(39)38-25-13-14-26-40(38)45-44/h1-30H;2*1-28H. The molecule has 0 aliphatic carbocycles.